The summed E-state index contributed by atoms with van der Waals surface area (Å²) in [6.45, 7) is 6.39. The molecule has 112 valence electrons. The van der Waals surface area contributed by atoms with Gasteiger partial charge in [0.25, 0.3) is 0 Å². The third kappa shape index (κ3) is 3.32. The van der Waals surface area contributed by atoms with Crippen LogP contribution in [0.1, 0.15) is 61.3 Å². The first-order valence-corrected chi connectivity index (χ1v) is 7.46. The molecule has 1 aromatic heterocycles. The van der Waals surface area contributed by atoms with Crippen molar-refractivity contribution in [3.63, 3.8) is 0 Å². The molecule has 0 amide bonds. The van der Waals surface area contributed by atoms with Gasteiger partial charge < -0.3 is 5.11 Å². The topological polar surface area (TPSA) is 55.1 Å². The Balaban J connectivity index is 2.54. The van der Waals surface area contributed by atoms with Gasteiger partial charge in [-0.25, -0.2) is 9.48 Å². The van der Waals surface area contributed by atoms with Crippen molar-refractivity contribution in [3.8, 4) is 5.69 Å². The summed E-state index contributed by atoms with van der Waals surface area (Å²) in [6.07, 6.45) is 2.93. The van der Waals surface area contributed by atoms with Crippen LogP contribution >= 0.6 is 0 Å². The molecule has 2 rings (SSSR count). The van der Waals surface area contributed by atoms with Gasteiger partial charge in [-0.1, -0.05) is 45.4 Å². The molecule has 0 spiro atoms. The first-order chi connectivity index (χ1) is 10.0. The highest BCUT2D eigenvalue weighted by atomic mass is 16.4. The molecule has 0 fully saturated rings. The summed E-state index contributed by atoms with van der Waals surface area (Å²) in [5.41, 5.74) is 3.23. The Labute approximate surface area is 125 Å². The number of unbranched alkanes of at least 4 members (excludes halogenated alkanes) is 1. The molecule has 0 unspecified atom stereocenters. The standard InChI is InChI=1S/C17H22N2O2/c1-4-5-8-13-11-15(17(20)21)18-19(13)16-10-7-6-9-14(16)12(2)3/h6-7,9-12H,4-5,8H2,1-3H3,(H,20,21). The lowest BCUT2D eigenvalue weighted by Gasteiger charge is -2.14. The van der Waals surface area contributed by atoms with Gasteiger partial charge >= 0.3 is 5.97 Å². The zero-order valence-electron chi connectivity index (χ0n) is 12.8. The predicted octanol–water partition coefficient (Wildman–Crippen LogP) is 4.04. The van der Waals surface area contributed by atoms with Crippen molar-refractivity contribution in [1.82, 2.24) is 9.78 Å². The highest BCUT2D eigenvalue weighted by Crippen LogP contribution is 2.24. The number of para-hydroxylation sites is 1. The average Bonchev–Trinajstić information content (AvgIpc) is 2.89. The SMILES string of the molecule is CCCCc1cc(C(=O)O)nn1-c1ccccc1C(C)C. The number of aromatic carboxylic acids is 1. The Hall–Kier alpha value is -2.10. The van der Waals surface area contributed by atoms with Crippen LogP contribution < -0.4 is 0 Å². The van der Waals surface area contributed by atoms with E-state index in [4.69, 9.17) is 0 Å². The van der Waals surface area contributed by atoms with E-state index < -0.39 is 5.97 Å². The lowest BCUT2D eigenvalue weighted by Crippen LogP contribution is -2.07. The predicted molar refractivity (Wildman–Crippen MR) is 83.2 cm³/mol. The van der Waals surface area contributed by atoms with Crippen molar-refractivity contribution in [1.29, 1.82) is 0 Å². The van der Waals surface area contributed by atoms with Crippen molar-refractivity contribution in [2.24, 2.45) is 0 Å². The molecule has 4 nitrogen and oxygen atoms in total. The van der Waals surface area contributed by atoms with Crippen LogP contribution in [0.3, 0.4) is 0 Å². The molecule has 1 heterocycles. The van der Waals surface area contributed by atoms with Crippen LogP contribution in [-0.4, -0.2) is 20.9 Å². The second-order valence-electron chi connectivity index (χ2n) is 5.55. The molecule has 0 aliphatic heterocycles. The Morgan fingerprint density at radius 1 is 1.33 bits per heavy atom. The van der Waals surface area contributed by atoms with Crippen LogP contribution in [0.15, 0.2) is 30.3 Å². The number of carbonyl (C=O) groups is 1. The molecule has 2 aromatic rings. The number of aromatic nitrogens is 2. The first-order valence-electron chi connectivity index (χ1n) is 7.46. The van der Waals surface area contributed by atoms with E-state index in [0.717, 1.165) is 30.6 Å². The van der Waals surface area contributed by atoms with E-state index >= 15 is 0 Å². The fourth-order valence-corrected chi connectivity index (χ4v) is 2.44. The number of benzene rings is 1. The lowest BCUT2D eigenvalue weighted by molar-refractivity contribution is 0.0690. The van der Waals surface area contributed by atoms with Gasteiger partial charge in [0.1, 0.15) is 0 Å². The molecule has 0 bridgehead atoms. The van der Waals surface area contributed by atoms with Crippen LogP contribution in [0.25, 0.3) is 5.69 Å². The maximum atomic E-state index is 11.2. The summed E-state index contributed by atoms with van der Waals surface area (Å²) in [5.74, 6) is -0.619. The molecule has 0 atom stereocenters. The van der Waals surface area contributed by atoms with Crippen molar-refractivity contribution in [2.45, 2.75) is 46.0 Å². The first kappa shape index (κ1) is 15.3. The van der Waals surface area contributed by atoms with E-state index in [9.17, 15) is 9.90 Å². The van der Waals surface area contributed by atoms with Gasteiger partial charge in [-0.15, -0.1) is 0 Å². The quantitative estimate of drug-likeness (QED) is 0.872. The van der Waals surface area contributed by atoms with Crippen molar-refractivity contribution in [3.05, 3.63) is 47.3 Å². The Morgan fingerprint density at radius 2 is 2.05 bits per heavy atom. The van der Waals surface area contributed by atoms with Crippen molar-refractivity contribution in [2.75, 3.05) is 0 Å². The van der Waals surface area contributed by atoms with E-state index in [1.807, 2.05) is 18.2 Å². The van der Waals surface area contributed by atoms with Gasteiger partial charge in [0.2, 0.25) is 0 Å². The van der Waals surface area contributed by atoms with Gasteiger partial charge in [0.15, 0.2) is 5.69 Å². The number of aryl methyl sites for hydroxylation is 1. The molecule has 4 heteroatoms. The normalized spacial score (nSPS) is 11.0. The van der Waals surface area contributed by atoms with Crippen LogP contribution in [0, 0.1) is 0 Å². The Morgan fingerprint density at radius 3 is 2.67 bits per heavy atom. The summed E-state index contributed by atoms with van der Waals surface area (Å²) in [5, 5.41) is 13.5. The molecular formula is C17H22N2O2. The smallest absolute Gasteiger partial charge is 0.356 e. The zero-order chi connectivity index (χ0) is 15.4. The van der Waals surface area contributed by atoms with Gasteiger partial charge in [-0.2, -0.15) is 5.10 Å². The van der Waals surface area contributed by atoms with Crippen LogP contribution in [-0.2, 0) is 6.42 Å². The molecule has 0 saturated carbocycles. The van der Waals surface area contributed by atoms with Crippen LogP contribution in [0.4, 0.5) is 0 Å². The second kappa shape index (κ2) is 6.57. The fraction of sp³-hybridized carbons (Fsp3) is 0.412. The number of rotatable bonds is 6. The summed E-state index contributed by atoms with van der Waals surface area (Å²) in [6, 6.07) is 9.74. The number of carboxylic acids is 1. The molecular weight excluding hydrogens is 264 g/mol. The third-order valence-electron chi connectivity index (χ3n) is 3.58. The van der Waals surface area contributed by atoms with Crippen LogP contribution in [0.5, 0.6) is 0 Å². The molecule has 0 saturated heterocycles. The average molecular weight is 286 g/mol. The molecule has 1 N–H and O–H groups in total. The van der Waals surface area contributed by atoms with E-state index in [-0.39, 0.29) is 5.69 Å². The van der Waals surface area contributed by atoms with Crippen LogP contribution in [0.2, 0.25) is 0 Å². The van der Waals surface area contributed by atoms with Gasteiger partial charge in [0, 0.05) is 5.69 Å². The summed E-state index contributed by atoms with van der Waals surface area (Å²) in [7, 11) is 0. The van der Waals surface area contributed by atoms with E-state index in [2.05, 4.69) is 31.9 Å². The number of nitrogens with zero attached hydrogens (tertiary/aromatic N) is 2. The molecule has 0 aliphatic carbocycles. The molecule has 1 aromatic carbocycles. The maximum absolute atomic E-state index is 11.2. The third-order valence-corrected chi connectivity index (χ3v) is 3.58. The van der Waals surface area contributed by atoms with E-state index in [0.29, 0.717) is 5.92 Å². The van der Waals surface area contributed by atoms with Gasteiger partial charge in [-0.05, 0) is 36.5 Å². The summed E-state index contributed by atoms with van der Waals surface area (Å²) >= 11 is 0. The van der Waals surface area contributed by atoms with Gasteiger partial charge in [0.05, 0.1) is 5.69 Å². The summed E-state index contributed by atoms with van der Waals surface area (Å²) < 4.78 is 1.80. The van der Waals surface area contributed by atoms with Crippen molar-refractivity contribution >= 4 is 5.97 Å². The number of hydrogen-bond acceptors (Lipinski definition) is 2. The highest BCUT2D eigenvalue weighted by Gasteiger charge is 2.16. The number of carboxylic acid groups (broad SMARTS) is 1. The highest BCUT2D eigenvalue weighted by molar-refractivity contribution is 5.85. The van der Waals surface area contributed by atoms with E-state index in [1.165, 1.54) is 5.56 Å². The number of hydrogen-bond donors (Lipinski definition) is 1. The summed E-state index contributed by atoms with van der Waals surface area (Å²) in [4.78, 5) is 11.2. The zero-order valence-corrected chi connectivity index (χ0v) is 12.8. The molecule has 0 aliphatic rings. The van der Waals surface area contributed by atoms with E-state index in [1.54, 1.807) is 10.7 Å². The van der Waals surface area contributed by atoms with Gasteiger partial charge in [-0.3, -0.25) is 0 Å². The molecule has 21 heavy (non-hydrogen) atoms. The minimum absolute atomic E-state index is 0.111. The second-order valence-corrected chi connectivity index (χ2v) is 5.55. The minimum atomic E-state index is -0.978. The lowest BCUT2D eigenvalue weighted by atomic mass is 10.0. The Kier molecular flexibility index (Phi) is 4.78. The van der Waals surface area contributed by atoms with Crippen molar-refractivity contribution < 1.29 is 9.90 Å². The Bertz CT molecular complexity index is 629. The minimum Gasteiger partial charge on any atom is -0.476 e. The largest absolute Gasteiger partial charge is 0.476 e. The maximum Gasteiger partial charge on any atom is 0.356 e. The monoisotopic (exact) mass is 286 g/mol. The molecule has 0 radical (unpaired) electrons. The fourth-order valence-electron chi connectivity index (χ4n) is 2.44.